The van der Waals surface area contributed by atoms with Gasteiger partial charge in [0.2, 0.25) is 0 Å². The van der Waals surface area contributed by atoms with Crippen LogP contribution in [0.5, 0.6) is 5.75 Å². The Bertz CT molecular complexity index is 631. The Morgan fingerprint density at radius 3 is 2.76 bits per heavy atom. The highest BCUT2D eigenvalue weighted by atomic mass is 19.1. The summed E-state index contributed by atoms with van der Waals surface area (Å²) in [5.41, 5.74) is 6.36. The van der Waals surface area contributed by atoms with Crippen LogP contribution in [0.25, 0.3) is 0 Å². The lowest BCUT2D eigenvalue weighted by atomic mass is 9.99. The molecule has 2 aromatic rings. The molecule has 0 saturated carbocycles. The second-order valence-electron chi connectivity index (χ2n) is 5.02. The summed E-state index contributed by atoms with van der Waals surface area (Å²) in [4.78, 5) is 4.45. The summed E-state index contributed by atoms with van der Waals surface area (Å²) in [5, 5.41) is 0. The van der Waals surface area contributed by atoms with Gasteiger partial charge in [0.15, 0.2) is 0 Å². The molecule has 0 aliphatic heterocycles. The second-order valence-corrected chi connectivity index (χ2v) is 5.02. The molecule has 1 aromatic heterocycles. The van der Waals surface area contributed by atoms with E-state index in [4.69, 9.17) is 10.6 Å². The van der Waals surface area contributed by atoms with Gasteiger partial charge in [0.1, 0.15) is 11.6 Å². The highest BCUT2D eigenvalue weighted by Gasteiger charge is 2.16. The standard InChI is InChI=1S/C16H20FN3O/c1-10-9-19-14(11(2)16(10)21-3)8-15(20-18)12-5-4-6-13(17)7-12/h4-7,9,15,20H,8,18H2,1-3H3. The Morgan fingerprint density at radius 2 is 2.14 bits per heavy atom. The molecule has 2 rings (SSSR count). The molecular weight excluding hydrogens is 269 g/mol. The van der Waals surface area contributed by atoms with Crippen molar-refractivity contribution in [1.29, 1.82) is 0 Å². The third-order valence-electron chi connectivity index (χ3n) is 3.60. The van der Waals surface area contributed by atoms with E-state index in [1.54, 1.807) is 19.4 Å². The van der Waals surface area contributed by atoms with Gasteiger partial charge in [0, 0.05) is 29.4 Å². The predicted octanol–water partition coefficient (Wildman–Crippen LogP) is 2.59. The number of methoxy groups -OCH3 is 1. The summed E-state index contributed by atoms with van der Waals surface area (Å²) in [7, 11) is 1.64. The number of hydrogen-bond donors (Lipinski definition) is 2. The third kappa shape index (κ3) is 3.37. The van der Waals surface area contributed by atoms with Crippen molar-refractivity contribution in [1.82, 2.24) is 10.4 Å². The fourth-order valence-corrected chi connectivity index (χ4v) is 2.47. The topological polar surface area (TPSA) is 60.2 Å². The quantitative estimate of drug-likeness (QED) is 0.656. The molecule has 3 N–H and O–H groups in total. The first-order valence-corrected chi connectivity index (χ1v) is 6.77. The van der Waals surface area contributed by atoms with E-state index in [2.05, 4.69) is 10.4 Å². The van der Waals surface area contributed by atoms with E-state index < -0.39 is 0 Å². The molecule has 1 heterocycles. The van der Waals surface area contributed by atoms with E-state index in [0.717, 1.165) is 28.1 Å². The molecule has 0 bridgehead atoms. The number of aromatic nitrogens is 1. The van der Waals surface area contributed by atoms with Gasteiger partial charge < -0.3 is 4.74 Å². The summed E-state index contributed by atoms with van der Waals surface area (Å²) in [6.45, 7) is 3.92. The number of ether oxygens (including phenoxy) is 1. The Balaban J connectivity index is 2.31. The largest absolute Gasteiger partial charge is 0.496 e. The van der Waals surface area contributed by atoms with Gasteiger partial charge in [-0.3, -0.25) is 16.3 Å². The molecule has 0 aliphatic carbocycles. The molecule has 1 unspecified atom stereocenters. The Hall–Kier alpha value is -1.98. The van der Waals surface area contributed by atoms with E-state index in [9.17, 15) is 4.39 Å². The van der Waals surface area contributed by atoms with Crippen LogP contribution in [0.4, 0.5) is 4.39 Å². The van der Waals surface area contributed by atoms with Crippen molar-refractivity contribution in [3.05, 3.63) is 58.7 Å². The minimum atomic E-state index is -0.279. The van der Waals surface area contributed by atoms with Gasteiger partial charge in [-0.05, 0) is 31.5 Å². The minimum absolute atomic E-state index is 0.209. The number of rotatable bonds is 5. The van der Waals surface area contributed by atoms with Gasteiger partial charge in [-0.1, -0.05) is 12.1 Å². The average molecular weight is 289 g/mol. The zero-order valence-electron chi connectivity index (χ0n) is 12.5. The third-order valence-corrected chi connectivity index (χ3v) is 3.60. The lowest BCUT2D eigenvalue weighted by molar-refractivity contribution is 0.406. The number of hydrazine groups is 1. The van der Waals surface area contributed by atoms with Crippen LogP contribution in [0, 0.1) is 19.7 Å². The van der Waals surface area contributed by atoms with Gasteiger partial charge in [-0.2, -0.15) is 0 Å². The van der Waals surface area contributed by atoms with Crippen LogP contribution in [0.15, 0.2) is 30.5 Å². The molecule has 1 aromatic carbocycles. The number of pyridine rings is 1. The molecule has 0 aliphatic rings. The Kier molecular flexibility index (Phi) is 4.88. The first kappa shape index (κ1) is 15.4. The number of halogens is 1. The van der Waals surface area contributed by atoms with Gasteiger partial charge in [-0.25, -0.2) is 4.39 Å². The van der Waals surface area contributed by atoms with Crippen LogP contribution < -0.4 is 16.0 Å². The zero-order valence-corrected chi connectivity index (χ0v) is 12.5. The fourth-order valence-electron chi connectivity index (χ4n) is 2.47. The summed E-state index contributed by atoms with van der Waals surface area (Å²) in [5.74, 6) is 6.17. The molecule has 21 heavy (non-hydrogen) atoms. The number of nitrogens with zero attached hydrogens (tertiary/aromatic N) is 1. The number of benzene rings is 1. The maximum absolute atomic E-state index is 13.3. The molecule has 1 atom stereocenters. The van der Waals surface area contributed by atoms with Crippen molar-refractivity contribution in [3.63, 3.8) is 0 Å². The van der Waals surface area contributed by atoms with Gasteiger partial charge in [0.05, 0.1) is 13.2 Å². The molecule has 112 valence electrons. The number of hydrogen-bond acceptors (Lipinski definition) is 4. The predicted molar refractivity (Wildman–Crippen MR) is 80.4 cm³/mol. The number of nitrogens with one attached hydrogen (secondary N) is 1. The van der Waals surface area contributed by atoms with Crippen molar-refractivity contribution in [2.75, 3.05) is 7.11 Å². The van der Waals surface area contributed by atoms with Crippen LogP contribution in [-0.4, -0.2) is 12.1 Å². The zero-order chi connectivity index (χ0) is 15.4. The maximum Gasteiger partial charge on any atom is 0.128 e. The molecule has 0 radical (unpaired) electrons. The highest BCUT2D eigenvalue weighted by Crippen LogP contribution is 2.27. The normalized spacial score (nSPS) is 12.2. The average Bonchev–Trinajstić information content (AvgIpc) is 2.47. The van der Waals surface area contributed by atoms with Crippen LogP contribution in [0.1, 0.15) is 28.4 Å². The molecule has 0 amide bonds. The number of aryl methyl sites for hydroxylation is 1. The van der Waals surface area contributed by atoms with Gasteiger partial charge in [-0.15, -0.1) is 0 Å². The molecule has 4 nitrogen and oxygen atoms in total. The van der Waals surface area contributed by atoms with Crippen LogP contribution in [0.2, 0.25) is 0 Å². The lowest BCUT2D eigenvalue weighted by Crippen LogP contribution is -2.30. The van der Waals surface area contributed by atoms with Crippen LogP contribution >= 0.6 is 0 Å². The van der Waals surface area contributed by atoms with Crippen molar-refractivity contribution >= 4 is 0 Å². The Labute approximate surface area is 124 Å². The van der Waals surface area contributed by atoms with Crippen molar-refractivity contribution < 1.29 is 9.13 Å². The summed E-state index contributed by atoms with van der Waals surface area (Å²) in [6, 6.07) is 6.19. The minimum Gasteiger partial charge on any atom is -0.496 e. The van der Waals surface area contributed by atoms with E-state index in [1.807, 2.05) is 19.9 Å². The van der Waals surface area contributed by atoms with Crippen molar-refractivity contribution in [3.8, 4) is 5.75 Å². The van der Waals surface area contributed by atoms with Crippen molar-refractivity contribution in [2.24, 2.45) is 5.84 Å². The maximum atomic E-state index is 13.3. The van der Waals surface area contributed by atoms with E-state index in [-0.39, 0.29) is 11.9 Å². The van der Waals surface area contributed by atoms with Gasteiger partial charge >= 0.3 is 0 Å². The highest BCUT2D eigenvalue weighted by molar-refractivity contribution is 5.41. The molecule has 0 fully saturated rings. The van der Waals surface area contributed by atoms with Crippen LogP contribution in [-0.2, 0) is 6.42 Å². The monoisotopic (exact) mass is 289 g/mol. The summed E-state index contributed by atoms with van der Waals surface area (Å²) >= 11 is 0. The first-order chi connectivity index (χ1) is 10.1. The smallest absolute Gasteiger partial charge is 0.128 e. The second kappa shape index (κ2) is 6.65. The molecule has 0 spiro atoms. The Morgan fingerprint density at radius 1 is 1.38 bits per heavy atom. The molecule has 5 heteroatoms. The van der Waals surface area contributed by atoms with E-state index >= 15 is 0 Å². The van der Waals surface area contributed by atoms with E-state index in [0.29, 0.717) is 6.42 Å². The SMILES string of the molecule is COc1c(C)cnc(CC(NN)c2cccc(F)c2)c1C. The van der Waals surface area contributed by atoms with Crippen molar-refractivity contribution in [2.45, 2.75) is 26.3 Å². The lowest BCUT2D eigenvalue weighted by Gasteiger charge is -2.18. The van der Waals surface area contributed by atoms with E-state index in [1.165, 1.54) is 12.1 Å². The van der Waals surface area contributed by atoms with Crippen LogP contribution in [0.3, 0.4) is 0 Å². The molecular formula is C16H20FN3O. The molecule has 0 saturated heterocycles. The number of nitrogens with two attached hydrogens (primary N) is 1. The fraction of sp³-hybridized carbons (Fsp3) is 0.312. The summed E-state index contributed by atoms with van der Waals surface area (Å²) < 4.78 is 18.8. The first-order valence-electron chi connectivity index (χ1n) is 6.77. The van der Waals surface area contributed by atoms with Gasteiger partial charge in [0.25, 0.3) is 0 Å². The summed E-state index contributed by atoms with van der Waals surface area (Å²) in [6.07, 6.45) is 2.34.